The minimum Gasteiger partial charge on any atom is -0.339 e. The molecule has 0 aliphatic carbocycles. The van der Waals surface area contributed by atoms with Gasteiger partial charge in [-0.05, 0) is 49.6 Å². The number of nitrogens with one attached hydrogen (secondary N) is 2. The predicted octanol–water partition coefficient (Wildman–Crippen LogP) is 3.72. The topological polar surface area (TPSA) is 95.6 Å². The largest absolute Gasteiger partial charge is 0.339 e. The van der Waals surface area contributed by atoms with E-state index in [0.717, 1.165) is 11.0 Å². The molecule has 2 aromatic rings. The molecule has 32 heavy (non-hydrogen) atoms. The molecule has 2 aromatic carbocycles. The second-order valence-electron chi connectivity index (χ2n) is 7.65. The monoisotopic (exact) mass is 457 g/mol. The van der Waals surface area contributed by atoms with Gasteiger partial charge in [0, 0.05) is 29.7 Å². The molecule has 0 heterocycles. The summed E-state index contributed by atoms with van der Waals surface area (Å²) in [6, 6.07) is 14.7. The molecule has 7 nitrogen and oxygen atoms in total. The van der Waals surface area contributed by atoms with Crippen LogP contribution in [0.4, 0.5) is 5.69 Å². The van der Waals surface area contributed by atoms with E-state index in [4.69, 9.17) is 0 Å². The molecule has 2 rings (SSSR count). The average molecular weight is 458 g/mol. The molecule has 0 saturated carbocycles. The molecular formula is C24H31N3O4S. The van der Waals surface area contributed by atoms with E-state index >= 15 is 0 Å². The van der Waals surface area contributed by atoms with E-state index in [1.807, 2.05) is 32.0 Å². The summed E-state index contributed by atoms with van der Waals surface area (Å²) in [5.41, 5.74) is 1.62. The number of rotatable bonds is 10. The number of hydrogen-bond acceptors (Lipinski definition) is 4. The zero-order valence-electron chi connectivity index (χ0n) is 18.9. The normalized spacial score (nSPS) is 12.7. The lowest BCUT2D eigenvalue weighted by atomic mass is 10.0. The Morgan fingerprint density at radius 3 is 2.25 bits per heavy atom. The first-order chi connectivity index (χ1) is 15.2. The molecule has 0 aliphatic rings. The van der Waals surface area contributed by atoms with Crippen molar-refractivity contribution >= 4 is 33.6 Å². The molecule has 172 valence electrons. The van der Waals surface area contributed by atoms with E-state index in [0.29, 0.717) is 24.3 Å². The lowest BCUT2D eigenvalue weighted by molar-refractivity contribution is -0.118. The number of amides is 2. The predicted molar refractivity (Wildman–Crippen MR) is 128 cm³/mol. The van der Waals surface area contributed by atoms with Crippen molar-refractivity contribution < 1.29 is 18.0 Å². The molecule has 0 bridgehead atoms. The zero-order valence-corrected chi connectivity index (χ0v) is 19.7. The van der Waals surface area contributed by atoms with Crippen LogP contribution in [-0.2, 0) is 14.8 Å². The van der Waals surface area contributed by atoms with Crippen molar-refractivity contribution in [3.8, 4) is 0 Å². The fourth-order valence-electron chi connectivity index (χ4n) is 3.08. The van der Waals surface area contributed by atoms with Crippen molar-refractivity contribution in [2.45, 2.75) is 33.7 Å². The molecule has 0 radical (unpaired) electrons. The SMILES string of the molecule is CCN(CC)C(=O)c1cccc(NC(=O)[C@@H](NS(=O)(=O)/C=C/c2ccccc2)C(C)C)c1. The Morgan fingerprint density at radius 2 is 1.66 bits per heavy atom. The molecule has 0 aromatic heterocycles. The fraction of sp³-hybridized carbons (Fsp3) is 0.333. The number of hydrogen-bond donors (Lipinski definition) is 2. The summed E-state index contributed by atoms with van der Waals surface area (Å²) in [5, 5.41) is 3.78. The van der Waals surface area contributed by atoms with Crippen LogP contribution in [0.15, 0.2) is 60.0 Å². The Kier molecular flexibility index (Phi) is 9.16. The van der Waals surface area contributed by atoms with Crippen LogP contribution in [0.25, 0.3) is 6.08 Å². The van der Waals surface area contributed by atoms with Gasteiger partial charge in [0.05, 0.1) is 0 Å². The molecule has 2 N–H and O–H groups in total. The number of carbonyl (C=O) groups excluding carboxylic acids is 2. The van der Waals surface area contributed by atoms with Crippen LogP contribution in [0.3, 0.4) is 0 Å². The minimum atomic E-state index is -3.85. The highest BCUT2D eigenvalue weighted by Crippen LogP contribution is 2.15. The van der Waals surface area contributed by atoms with Crippen LogP contribution in [0, 0.1) is 5.92 Å². The van der Waals surface area contributed by atoms with Crippen molar-refractivity contribution in [2.24, 2.45) is 5.92 Å². The van der Waals surface area contributed by atoms with Crippen LogP contribution in [-0.4, -0.2) is 44.3 Å². The highest BCUT2D eigenvalue weighted by Gasteiger charge is 2.26. The molecule has 0 aliphatic heterocycles. The summed E-state index contributed by atoms with van der Waals surface area (Å²) in [6.45, 7) is 8.48. The summed E-state index contributed by atoms with van der Waals surface area (Å²) in [7, 11) is -3.85. The van der Waals surface area contributed by atoms with E-state index in [1.165, 1.54) is 6.08 Å². The maximum absolute atomic E-state index is 12.9. The van der Waals surface area contributed by atoms with Gasteiger partial charge in [0.2, 0.25) is 15.9 Å². The Labute approximate surface area is 190 Å². The maximum Gasteiger partial charge on any atom is 0.253 e. The highest BCUT2D eigenvalue weighted by atomic mass is 32.2. The van der Waals surface area contributed by atoms with Gasteiger partial charge in [-0.2, -0.15) is 4.72 Å². The fourth-order valence-corrected chi connectivity index (χ4v) is 4.23. The Balaban J connectivity index is 2.14. The van der Waals surface area contributed by atoms with Crippen LogP contribution >= 0.6 is 0 Å². The van der Waals surface area contributed by atoms with Gasteiger partial charge >= 0.3 is 0 Å². The summed E-state index contributed by atoms with van der Waals surface area (Å²) >= 11 is 0. The van der Waals surface area contributed by atoms with Crippen LogP contribution in [0.1, 0.15) is 43.6 Å². The maximum atomic E-state index is 12.9. The van der Waals surface area contributed by atoms with Crippen molar-refractivity contribution in [2.75, 3.05) is 18.4 Å². The molecule has 0 unspecified atom stereocenters. The third-order valence-corrected chi connectivity index (χ3v) is 5.98. The Hall–Kier alpha value is -2.97. The van der Waals surface area contributed by atoms with Gasteiger partial charge in [-0.25, -0.2) is 8.42 Å². The number of nitrogens with zero attached hydrogens (tertiary/aromatic N) is 1. The molecule has 2 amide bonds. The van der Waals surface area contributed by atoms with Crippen LogP contribution < -0.4 is 10.0 Å². The van der Waals surface area contributed by atoms with E-state index in [1.54, 1.807) is 55.1 Å². The van der Waals surface area contributed by atoms with Gasteiger partial charge in [-0.3, -0.25) is 9.59 Å². The summed E-state index contributed by atoms with van der Waals surface area (Å²) in [5.74, 6) is -0.919. The molecule has 0 spiro atoms. The van der Waals surface area contributed by atoms with Gasteiger partial charge in [0.25, 0.3) is 5.91 Å². The first-order valence-corrected chi connectivity index (χ1v) is 12.2. The van der Waals surface area contributed by atoms with Gasteiger partial charge in [0.1, 0.15) is 6.04 Å². The Morgan fingerprint density at radius 1 is 1.00 bits per heavy atom. The Bertz CT molecular complexity index is 1050. The summed E-state index contributed by atoms with van der Waals surface area (Å²) in [4.78, 5) is 27.1. The van der Waals surface area contributed by atoms with Gasteiger partial charge in [0.15, 0.2) is 0 Å². The number of benzene rings is 2. The zero-order chi connectivity index (χ0) is 23.7. The number of carbonyl (C=O) groups is 2. The smallest absolute Gasteiger partial charge is 0.253 e. The average Bonchev–Trinajstić information content (AvgIpc) is 2.77. The number of anilines is 1. The van der Waals surface area contributed by atoms with Crippen molar-refractivity contribution in [3.63, 3.8) is 0 Å². The first kappa shape index (κ1) is 25.3. The molecule has 0 fully saturated rings. The van der Waals surface area contributed by atoms with Crippen molar-refractivity contribution in [3.05, 3.63) is 71.1 Å². The first-order valence-electron chi connectivity index (χ1n) is 10.6. The molecule has 8 heteroatoms. The van der Waals surface area contributed by atoms with Crippen molar-refractivity contribution in [1.82, 2.24) is 9.62 Å². The second-order valence-corrected chi connectivity index (χ2v) is 9.24. The highest BCUT2D eigenvalue weighted by molar-refractivity contribution is 7.92. The van der Waals surface area contributed by atoms with Gasteiger partial charge in [-0.15, -0.1) is 0 Å². The molecular weight excluding hydrogens is 426 g/mol. The number of sulfonamides is 1. The standard InChI is InChI=1S/C24H31N3O4S/c1-5-27(6-2)24(29)20-13-10-14-21(17-20)25-23(28)22(18(3)4)26-32(30,31)16-15-19-11-8-7-9-12-19/h7-18,22,26H,5-6H2,1-4H3,(H,25,28)/b16-15+/t22-/m0/s1. The lowest BCUT2D eigenvalue weighted by Gasteiger charge is -2.21. The summed E-state index contributed by atoms with van der Waals surface area (Å²) in [6.07, 6.45) is 1.47. The van der Waals surface area contributed by atoms with Gasteiger partial charge < -0.3 is 10.2 Å². The third kappa shape index (κ3) is 7.32. The van der Waals surface area contributed by atoms with E-state index in [9.17, 15) is 18.0 Å². The van der Waals surface area contributed by atoms with Gasteiger partial charge in [-0.1, -0.05) is 50.2 Å². The third-order valence-electron chi connectivity index (χ3n) is 4.91. The van der Waals surface area contributed by atoms with Crippen LogP contribution in [0.5, 0.6) is 0 Å². The molecule has 1 atom stereocenters. The molecule has 0 saturated heterocycles. The van der Waals surface area contributed by atoms with E-state index < -0.39 is 22.0 Å². The van der Waals surface area contributed by atoms with E-state index in [-0.39, 0.29) is 11.8 Å². The van der Waals surface area contributed by atoms with Crippen molar-refractivity contribution in [1.29, 1.82) is 0 Å². The summed E-state index contributed by atoms with van der Waals surface area (Å²) < 4.78 is 27.5. The lowest BCUT2D eigenvalue weighted by Crippen LogP contribution is -2.46. The quantitative estimate of drug-likeness (QED) is 0.568. The van der Waals surface area contributed by atoms with E-state index in [2.05, 4.69) is 10.0 Å². The minimum absolute atomic E-state index is 0.127. The van der Waals surface area contributed by atoms with Crippen LogP contribution in [0.2, 0.25) is 0 Å². The second kappa shape index (κ2) is 11.6.